The lowest BCUT2D eigenvalue weighted by Gasteiger charge is -2.23. The van der Waals surface area contributed by atoms with Crippen molar-refractivity contribution in [2.45, 2.75) is 0 Å². The van der Waals surface area contributed by atoms with Crippen molar-refractivity contribution in [3.05, 3.63) is 48.0 Å². The number of nitrogens with two attached hydrogens (primary N) is 1. The van der Waals surface area contributed by atoms with Gasteiger partial charge in [0, 0.05) is 11.1 Å². The molecule has 0 unspecified atom stereocenters. The monoisotopic (exact) mass is 271 g/mol. The zero-order valence-corrected chi connectivity index (χ0v) is 11.1. The molecule has 1 aliphatic rings. The molecule has 3 rings (SSSR count). The third-order valence-electron chi connectivity index (χ3n) is 3.04. The minimum Gasteiger partial charge on any atom is -0.486 e. The normalized spacial score (nSPS) is 13.1. The molecule has 0 bridgehead atoms. The van der Waals surface area contributed by atoms with Gasteiger partial charge in [-0.05, 0) is 17.7 Å². The van der Waals surface area contributed by atoms with E-state index in [0.29, 0.717) is 18.2 Å². The Kier molecular flexibility index (Phi) is 3.09. The van der Waals surface area contributed by atoms with Crippen LogP contribution in [0, 0.1) is 0 Å². The molecule has 4 heteroatoms. The second-order valence-electron chi connectivity index (χ2n) is 4.24. The number of hydrogen-bond acceptors (Lipinski definition) is 3. The maximum Gasteiger partial charge on any atom is 0.169 e. The Labute approximate surface area is 117 Å². The summed E-state index contributed by atoms with van der Waals surface area (Å²) in [5, 5.41) is 0. The van der Waals surface area contributed by atoms with Crippen LogP contribution >= 0.6 is 12.2 Å². The lowest BCUT2D eigenvalue weighted by atomic mass is 9.97. The van der Waals surface area contributed by atoms with Crippen LogP contribution in [0.3, 0.4) is 0 Å². The Hall–Kier alpha value is -2.07. The van der Waals surface area contributed by atoms with Crippen LogP contribution in [0.1, 0.15) is 5.56 Å². The van der Waals surface area contributed by atoms with Crippen molar-refractivity contribution in [3.63, 3.8) is 0 Å². The Bertz CT molecular complexity index is 626. The molecule has 0 aliphatic carbocycles. The summed E-state index contributed by atoms with van der Waals surface area (Å²) in [5.74, 6) is 1.47. The number of thiocarbonyl (C=S) groups is 1. The van der Waals surface area contributed by atoms with E-state index in [2.05, 4.69) is 0 Å². The number of ether oxygens (including phenoxy) is 2. The van der Waals surface area contributed by atoms with E-state index in [0.717, 1.165) is 28.2 Å². The number of rotatable bonds is 2. The van der Waals surface area contributed by atoms with Crippen LogP contribution in [-0.2, 0) is 0 Å². The average molecular weight is 271 g/mol. The summed E-state index contributed by atoms with van der Waals surface area (Å²) >= 11 is 5.14. The number of benzene rings is 2. The third kappa shape index (κ3) is 2.15. The zero-order valence-electron chi connectivity index (χ0n) is 10.3. The van der Waals surface area contributed by atoms with Crippen LogP contribution in [0.25, 0.3) is 11.1 Å². The second-order valence-corrected chi connectivity index (χ2v) is 4.68. The van der Waals surface area contributed by atoms with Crippen molar-refractivity contribution >= 4 is 17.2 Å². The lowest BCUT2D eigenvalue weighted by Crippen LogP contribution is -2.18. The molecule has 1 heterocycles. The molecule has 0 amide bonds. The first kappa shape index (κ1) is 12.0. The topological polar surface area (TPSA) is 44.5 Å². The highest BCUT2D eigenvalue weighted by molar-refractivity contribution is 7.80. The molecule has 0 spiro atoms. The van der Waals surface area contributed by atoms with Crippen molar-refractivity contribution in [2.24, 2.45) is 5.73 Å². The Balaban J connectivity index is 2.27. The molecule has 1 aliphatic heterocycles. The van der Waals surface area contributed by atoms with Crippen LogP contribution in [0.5, 0.6) is 11.5 Å². The lowest BCUT2D eigenvalue weighted by molar-refractivity contribution is 0.172. The summed E-state index contributed by atoms with van der Waals surface area (Å²) in [6.45, 7) is 1.10. The molecule has 19 heavy (non-hydrogen) atoms. The fraction of sp³-hybridized carbons (Fsp3) is 0.133. The Morgan fingerprint density at radius 2 is 1.74 bits per heavy atom. The van der Waals surface area contributed by atoms with Crippen molar-refractivity contribution in [2.75, 3.05) is 13.2 Å². The van der Waals surface area contributed by atoms with Crippen LogP contribution in [0.15, 0.2) is 42.5 Å². The van der Waals surface area contributed by atoms with Crippen LogP contribution in [0.2, 0.25) is 0 Å². The Morgan fingerprint density at radius 1 is 1.00 bits per heavy atom. The number of hydrogen-bond donors (Lipinski definition) is 1. The summed E-state index contributed by atoms with van der Waals surface area (Å²) in [6.07, 6.45) is 0. The minimum absolute atomic E-state index is 0.357. The largest absolute Gasteiger partial charge is 0.486 e. The summed E-state index contributed by atoms with van der Waals surface area (Å²) in [5.41, 5.74) is 8.56. The molecular formula is C15H13NO2S. The molecule has 2 aromatic rings. The molecule has 0 saturated heterocycles. The molecule has 2 N–H and O–H groups in total. The van der Waals surface area contributed by atoms with Gasteiger partial charge in [0.1, 0.15) is 18.2 Å². The van der Waals surface area contributed by atoms with E-state index in [1.54, 1.807) is 0 Å². The maximum atomic E-state index is 5.82. The van der Waals surface area contributed by atoms with Gasteiger partial charge in [-0.25, -0.2) is 0 Å². The second kappa shape index (κ2) is 4.90. The standard InChI is InChI=1S/C15H13NO2S/c16-15(19)11-6-7-12-14(18-9-8-17-12)13(11)10-4-2-1-3-5-10/h1-7H,8-9H2,(H2,16,19). The van der Waals surface area contributed by atoms with Crippen molar-refractivity contribution < 1.29 is 9.47 Å². The van der Waals surface area contributed by atoms with Crippen LogP contribution < -0.4 is 15.2 Å². The van der Waals surface area contributed by atoms with E-state index in [1.165, 1.54) is 0 Å². The molecule has 0 aromatic heterocycles. The summed E-state index contributed by atoms with van der Waals surface area (Å²) in [6, 6.07) is 13.7. The molecule has 0 atom stereocenters. The molecule has 2 aromatic carbocycles. The van der Waals surface area contributed by atoms with Gasteiger partial charge in [0.25, 0.3) is 0 Å². The van der Waals surface area contributed by atoms with E-state index in [1.807, 2.05) is 42.5 Å². The molecular weight excluding hydrogens is 258 g/mol. The molecule has 0 fully saturated rings. The van der Waals surface area contributed by atoms with Gasteiger partial charge in [-0.3, -0.25) is 0 Å². The minimum atomic E-state index is 0.357. The van der Waals surface area contributed by atoms with Gasteiger partial charge in [0.15, 0.2) is 11.5 Å². The summed E-state index contributed by atoms with van der Waals surface area (Å²) in [4.78, 5) is 0.357. The van der Waals surface area contributed by atoms with Gasteiger partial charge in [-0.1, -0.05) is 42.5 Å². The van der Waals surface area contributed by atoms with E-state index >= 15 is 0 Å². The number of fused-ring (bicyclic) bond motifs is 1. The molecule has 96 valence electrons. The fourth-order valence-electron chi connectivity index (χ4n) is 2.21. The predicted molar refractivity (Wildman–Crippen MR) is 78.8 cm³/mol. The van der Waals surface area contributed by atoms with Gasteiger partial charge in [0.05, 0.1) is 0 Å². The third-order valence-corrected chi connectivity index (χ3v) is 3.26. The average Bonchev–Trinajstić information content (AvgIpc) is 2.46. The fourth-order valence-corrected chi connectivity index (χ4v) is 2.38. The zero-order chi connectivity index (χ0) is 13.2. The van der Waals surface area contributed by atoms with Crippen molar-refractivity contribution in [3.8, 4) is 22.6 Å². The highest BCUT2D eigenvalue weighted by atomic mass is 32.1. The molecule has 3 nitrogen and oxygen atoms in total. The smallest absolute Gasteiger partial charge is 0.169 e. The van der Waals surface area contributed by atoms with E-state index in [-0.39, 0.29) is 0 Å². The highest BCUT2D eigenvalue weighted by Crippen LogP contribution is 2.42. The van der Waals surface area contributed by atoms with Crippen LogP contribution in [-0.4, -0.2) is 18.2 Å². The predicted octanol–water partition coefficient (Wildman–Crippen LogP) is 2.76. The molecule has 0 saturated carbocycles. The maximum absolute atomic E-state index is 5.82. The SMILES string of the molecule is NC(=S)c1ccc2c(c1-c1ccccc1)OCCO2. The molecule has 0 radical (unpaired) electrons. The van der Waals surface area contributed by atoms with Gasteiger partial charge in [-0.15, -0.1) is 0 Å². The van der Waals surface area contributed by atoms with Crippen molar-refractivity contribution in [1.82, 2.24) is 0 Å². The van der Waals surface area contributed by atoms with Gasteiger partial charge < -0.3 is 15.2 Å². The first-order chi connectivity index (χ1) is 9.27. The van der Waals surface area contributed by atoms with Gasteiger partial charge in [0.2, 0.25) is 0 Å². The summed E-state index contributed by atoms with van der Waals surface area (Å²) in [7, 11) is 0. The van der Waals surface area contributed by atoms with E-state index in [4.69, 9.17) is 27.4 Å². The Morgan fingerprint density at radius 3 is 2.47 bits per heavy atom. The van der Waals surface area contributed by atoms with Gasteiger partial charge in [-0.2, -0.15) is 0 Å². The first-order valence-electron chi connectivity index (χ1n) is 6.05. The van der Waals surface area contributed by atoms with E-state index in [9.17, 15) is 0 Å². The van der Waals surface area contributed by atoms with Crippen molar-refractivity contribution in [1.29, 1.82) is 0 Å². The van der Waals surface area contributed by atoms with Crippen LogP contribution in [0.4, 0.5) is 0 Å². The quantitative estimate of drug-likeness (QED) is 0.853. The van der Waals surface area contributed by atoms with Gasteiger partial charge >= 0.3 is 0 Å². The highest BCUT2D eigenvalue weighted by Gasteiger charge is 2.21. The van der Waals surface area contributed by atoms with E-state index < -0.39 is 0 Å². The summed E-state index contributed by atoms with van der Waals surface area (Å²) < 4.78 is 11.4. The first-order valence-corrected chi connectivity index (χ1v) is 6.46.